The zero-order valence-electron chi connectivity index (χ0n) is 5.76. The van der Waals surface area contributed by atoms with Crippen LogP contribution >= 0.6 is 0 Å². The van der Waals surface area contributed by atoms with Gasteiger partial charge in [-0.1, -0.05) is 12.8 Å². The van der Waals surface area contributed by atoms with E-state index in [1.54, 1.807) is 13.8 Å². The van der Waals surface area contributed by atoms with Gasteiger partial charge in [0.05, 0.1) is 6.10 Å². The highest BCUT2D eigenvalue weighted by atomic mass is 16.3. The summed E-state index contributed by atoms with van der Waals surface area (Å²) in [5.74, 6) is 4.97. The minimum absolute atomic E-state index is 0.538. The van der Waals surface area contributed by atoms with Gasteiger partial charge in [-0.15, -0.1) is 5.92 Å². The van der Waals surface area contributed by atoms with Crippen LogP contribution in [0.4, 0.5) is 0 Å². The Morgan fingerprint density at radius 2 is 2.00 bits per heavy atom. The molecule has 0 aromatic rings. The van der Waals surface area contributed by atoms with Crippen LogP contribution in [0.5, 0.6) is 0 Å². The van der Waals surface area contributed by atoms with E-state index in [0.717, 1.165) is 0 Å². The van der Waals surface area contributed by atoms with Crippen molar-refractivity contribution in [3.63, 3.8) is 0 Å². The van der Waals surface area contributed by atoms with Crippen LogP contribution in [0.1, 0.15) is 20.3 Å². The highest BCUT2D eigenvalue weighted by molar-refractivity contribution is 5.03. The van der Waals surface area contributed by atoms with Crippen molar-refractivity contribution in [3.05, 3.63) is 0 Å². The van der Waals surface area contributed by atoms with Crippen LogP contribution in [0.15, 0.2) is 0 Å². The Morgan fingerprint density at radius 1 is 1.44 bits per heavy atom. The second-order valence-electron chi connectivity index (χ2n) is 1.81. The lowest BCUT2D eigenvalue weighted by atomic mass is 10.2. The summed E-state index contributed by atoms with van der Waals surface area (Å²) < 4.78 is 0. The summed E-state index contributed by atoms with van der Waals surface area (Å²) in [4.78, 5) is 0. The molecule has 2 heteroatoms. The van der Waals surface area contributed by atoms with E-state index in [2.05, 4.69) is 11.8 Å². The molecule has 2 unspecified atom stereocenters. The fourth-order valence-corrected chi connectivity index (χ4v) is 0.467. The van der Waals surface area contributed by atoms with E-state index < -0.39 is 12.2 Å². The van der Waals surface area contributed by atoms with Gasteiger partial charge in [-0.25, -0.2) is 0 Å². The smallest absolute Gasteiger partial charge is 0.140 e. The number of hydrogen-bond acceptors (Lipinski definition) is 2. The van der Waals surface area contributed by atoms with Gasteiger partial charge in [-0.05, 0) is 13.3 Å². The van der Waals surface area contributed by atoms with Crippen molar-refractivity contribution in [2.45, 2.75) is 32.5 Å². The second-order valence-corrected chi connectivity index (χ2v) is 1.81. The molecule has 0 aromatic carbocycles. The first-order valence-electron chi connectivity index (χ1n) is 3.00. The maximum Gasteiger partial charge on any atom is 0.140 e. The molecule has 52 valence electrons. The summed E-state index contributed by atoms with van der Waals surface area (Å²) in [7, 11) is 0. The third-order valence-corrected chi connectivity index (χ3v) is 1.07. The molecule has 0 spiro atoms. The van der Waals surface area contributed by atoms with E-state index in [1.165, 1.54) is 0 Å². The summed E-state index contributed by atoms with van der Waals surface area (Å²) in [6, 6.07) is 0. The molecule has 0 aliphatic heterocycles. The van der Waals surface area contributed by atoms with E-state index in [-0.39, 0.29) is 0 Å². The molecule has 0 heterocycles. The molecule has 2 atom stereocenters. The van der Waals surface area contributed by atoms with Gasteiger partial charge in [-0.2, -0.15) is 0 Å². The lowest BCUT2D eigenvalue weighted by Gasteiger charge is -2.08. The zero-order valence-corrected chi connectivity index (χ0v) is 5.76. The first-order chi connectivity index (χ1) is 4.22. The molecule has 0 fully saturated rings. The number of aliphatic hydroxyl groups excluding tert-OH is 2. The van der Waals surface area contributed by atoms with Gasteiger partial charge in [-0.3, -0.25) is 0 Å². The second kappa shape index (κ2) is 4.37. The Labute approximate surface area is 55.5 Å². The van der Waals surface area contributed by atoms with Crippen molar-refractivity contribution in [3.8, 4) is 11.8 Å². The van der Waals surface area contributed by atoms with Crippen LogP contribution in [0.2, 0.25) is 0 Å². The third-order valence-electron chi connectivity index (χ3n) is 1.07. The van der Waals surface area contributed by atoms with E-state index >= 15 is 0 Å². The average molecular weight is 128 g/mol. The minimum Gasteiger partial charge on any atom is -0.389 e. The van der Waals surface area contributed by atoms with Gasteiger partial charge in [0.2, 0.25) is 0 Å². The molecule has 2 N–H and O–H groups in total. The quantitative estimate of drug-likeness (QED) is 0.519. The lowest BCUT2D eigenvalue weighted by Crippen LogP contribution is -2.22. The average Bonchev–Trinajstić information content (AvgIpc) is 1.87. The van der Waals surface area contributed by atoms with E-state index in [9.17, 15) is 0 Å². The monoisotopic (exact) mass is 128 g/mol. The van der Waals surface area contributed by atoms with Crippen LogP contribution in [-0.4, -0.2) is 22.4 Å². The molecule has 0 aromatic heterocycles. The van der Waals surface area contributed by atoms with Crippen molar-refractivity contribution in [1.29, 1.82) is 0 Å². The third kappa shape index (κ3) is 3.12. The molecular weight excluding hydrogens is 116 g/mol. The van der Waals surface area contributed by atoms with Gasteiger partial charge >= 0.3 is 0 Å². The number of hydrogen-bond donors (Lipinski definition) is 2. The van der Waals surface area contributed by atoms with Gasteiger partial charge in [0.25, 0.3) is 0 Å². The fraction of sp³-hybridized carbons (Fsp3) is 0.714. The predicted molar refractivity (Wildman–Crippen MR) is 35.8 cm³/mol. The number of aliphatic hydroxyl groups is 2. The molecule has 9 heavy (non-hydrogen) atoms. The molecule has 0 saturated carbocycles. The van der Waals surface area contributed by atoms with Gasteiger partial charge < -0.3 is 10.2 Å². The standard InChI is InChI=1S/C7H12O2/c1-3-5-7(9)6(8)4-2/h6-9H,4H2,1-2H3. The highest BCUT2D eigenvalue weighted by Crippen LogP contribution is 1.95. The Bertz CT molecular complexity index is 121. The predicted octanol–water partition coefficient (Wildman–Crippen LogP) is 0.141. The van der Waals surface area contributed by atoms with E-state index in [1.807, 2.05) is 0 Å². The molecule has 0 saturated heterocycles. The van der Waals surface area contributed by atoms with Crippen LogP contribution < -0.4 is 0 Å². The molecule has 0 aliphatic rings. The Kier molecular flexibility index (Phi) is 4.12. The van der Waals surface area contributed by atoms with Crippen LogP contribution in [0.3, 0.4) is 0 Å². The Hall–Kier alpha value is -0.520. The zero-order chi connectivity index (χ0) is 7.28. The van der Waals surface area contributed by atoms with Gasteiger partial charge in [0.15, 0.2) is 0 Å². The lowest BCUT2D eigenvalue weighted by molar-refractivity contribution is 0.0521. The molecular formula is C7H12O2. The van der Waals surface area contributed by atoms with Gasteiger partial charge in [0, 0.05) is 0 Å². The van der Waals surface area contributed by atoms with Crippen molar-refractivity contribution in [1.82, 2.24) is 0 Å². The van der Waals surface area contributed by atoms with E-state index in [0.29, 0.717) is 6.42 Å². The summed E-state index contributed by atoms with van der Waals surface area (Å²) in [5, 5.41) is 17.8. The van der Waals surface area contributed by atoms with Crippen LogP contribution in [0, 0.1) is 11.8 Å². The Morgan fingerprint density at radius 3 is 2.33 bits per heavy atom. The molecule has 0 radical (unpaired) electrons. The first-order valence-corrected chi connectivity index (χ1v) is 3.00. The summed E-state index contributed by atoms with van der Waals surface area (Å²) >= 11 is 0. The number of rotatable bonds is 2. The molecule has 2 nitrogen and oxygen atoms in total. The summed E-state index contributed by atoms with van der Waals surface area (Å²) in [6.45, 7) is 3.43. The van der Waals surface area contributed by atoms with E-state index in [4.69, 9.17) is 10.2 Å². The molecule has 0 bridgehead atoms. The van der Waals surface area contributed by atoms with Crippen molar-refractivity contribution in [2.24, 2.45) is 0 Å². The molecule has 0 amide bonds. The van der Waals surface area contributed by atoms with Crippen LogP contribution in [0.25, 0.3) is 0 Å². The SMILES string of the molecule is CC#CC(O)C(O)CC. The van der Waals surface area contributed by atoms with Gasteiger partial charge in [0.1, 0.15) is 6.10 Å². The fourth-order valence-electron chi connectivity index (χ4n) is 0.467. The summed E-state index contributed by atoms with van der Waals surface area (Å²) in [6.07, 6.45) is -1.03. The van der Waals surface area contributed by atoms with Crippen molar-refractivity contribution >= 4 is 0 Å². The molecule has 0 aliphatic carbocycles. The highest BCUT2D eigenvalue weighted by Gasteiger charge is 2.09. The maximum absolute atomic E-state index is 8.91. The molecule has 0 rings (SSSR count). The largest absolute Gasteiger partial charge is 0.389 e. The van der Waals surface area contributed by atoms with Crippen molar-refractivity contribution < 1.29 is 10.2 Å². The Balaban J connectivity index is 3.67. The first kappa shape index (κ1) is 8.48. The maximum atomic E-state index is 8.91. The minimum atomic E-state index is -0.875. The van der Waals surface area contributed by atoms with Crippen molar-refractivity contribution in [2.75, 3.05) is 0 Å². The summed E-state index contributed by atoms with van der Waals surface area (Å²) in [5.41, 5.74) is 0. The normalized spacial score (nSPS) is 15.6. The van der Waals surface area contributed by atoms with Crippen LogP contribution in [-0.2, 0) is 0 Å². The topological polar surface area (TPSA) is 40.5 Å².